The summed E-state index contributed by atoms with van der Waals surface area (Å²) < 4.78 is 5.52. The Morgan fingerprint density at radius 3 is 3.17 bits per heavy atom. The van der Waals surface area contributed by atoms with Crippen molar-refractivity contribution >= 4 is 15.9 Å². The topological polar surface area (TPSA) is 51.0 Å². The van der Waals surface area contributed by atoms with Crippen molar-refractivity contribution in [3.05, 3.63) is 10.6 Å². The highest BCUT2D eigenvalue weighted by Crippen LogP contribution is 2.12. The number of nitrogens with zero attached hydrogens (tertiary/aromatic N) is 2. The third-order valence-electron chi connectivity index (χ3n) is 2.03. The Morgan fingerprint density at radius 2 is 2.58 bits per heavy atom. The average Bonchev–Trinajstić information content (AvgIpc) is 2.63. The Morgan fingerprint density at radius 1 is 1.67 bits per heavy atom. The minimum Gasteiger partial charge on any atom is -0.338 e. The van der Waals surface area contributed by atoms with Crippen LogP contribution in [0.3, 0.4) is 0 Å². The van der Waals surface area contributed by atoms with Gasteiger partial charge in [-0.1, -0.05) is 0 Å². The molecule has 0 radical (unpaired) electrons. The van der Waals surface area contributed by atoms with Gasteiger partial charge in [0, 0.05) is 12.5 Å². The van der Waals surface area contributed by atoms with Gasteiger partial charge in [0.25, 0.3) is 0 Å². The Labute approximate surface area is 78.9 Å². The fourth-order valence-electron chi connectivity index (χ4n) is 1.46. The highest BCUT2D eigenvalue weighted by atomic mass is 79.9. The van der Waals surface area contributed by atoms with Crippen LogP contribution in [-0.2, 0) is 6.42 Å². The van der Waals surface area contributed by atoms with Crippen LogP contribution in [0.1, 0.15) is 18.7 Å². The number of hydrogen-bond acceptors (Lipinski definition) is 4. The van der Waals surface area contributed by atoms with E-state index in [9.17, 15) is 0 Å². The first-order valence-corrected chi connectivity index (χ1v) is 4.85. The lowest BCUT2D eigenvalue weighted by molar-refractivity contribution is 0.361. The van der Waals surface area contributed by atoms with E-state index in [0.717, 1.165) is 13.0 Å². The lowest BCUT2D eigenvalue weighted by atomic mass is 10.2. The first kappa shape index (κ1) is 8.19. The van der Waals surface area contributed by atoms with Gasteiger partial charge < -0.3 is 9.84 Å². The second-order valence-electron chi connectivity index (χ2n) is 2.95. The zero-order valence-corrected chi connectivity index (χ0v) is 8.17. The molecule has 12 heavy (non-hydrogen) atoms. The molecule has 1 unspecified atom stereocenters. The Balaban J connectivity index is 1.94. The second kappa shape index (κ2) is 3.53. The number of halogens is 1. The molecule has 1 fully saturated rings. The fourth-order valence-corrected chi connectivity index (χ4v) is 1.73. The minimum absolute atomic E-state index is 0.525. The molecule has 1 N–H and O–H groups in total. The maximum Gasteiger partial charge on any atom is 0.238 e. The van der Waals surface area contributed by atoms with E-state index >= 15 is 0 Å². The van der Waals surface area contributed by atoms with Crippen molar-refractivity contribution in [2.45, 2.75) is 25.3 Å². The van der Waals surface area contributed by atoms with E-state index in [4.69, 9.17) is 4.52 Å². The van der Waals surface area contributed by atoms with E-state index < -0.39 is 0 Å². The van der Waals surface area contributed by atoms with Gasteiger partial charge in [-0.25, -0.2) is 0 Å². The average molecular weight is 232 g/mol. The zero-order valence-electron chi connectivity index (χ0n) is 6.59. The van der Waals surface area contributed by atoms with E-state index in [0.29, 0.717) is 16.7 Å². The van der Waals surface area contributed by atoms with Crippen molar-refractivity contribution in [2.24, 2.45) is 0 Å². The summed E-state index contributed by atoms with van der Waals surface area (Å²) in [6.45, 7) is 1.11. The summed E-state index contributed by atoms with van der Waals surface area (Å²) >= 11 is 3.15. The molecule has 2 rings (SSSR count). The predicted molar refractivity (Wildman–Crippen MR) is 46.7 cm³/mol. The molecule has 1 aromatic rings. The molecule has 0 amide bonds. The molecule has 0 bridgehead atoms. The second-order valence-corrected chi connectivity index (χ2v) is 3.66. The van der Waals surface area contributed by atoms with Crippen molar-refractivity contribution < 1.29 is 4.52 Å². The molecule has 4 nitrogen and oxygen atoms in total. The standard InChI is InChI=1S/C7H10BrN3O/c8-7-10-6(12-11-7)4-5-2-1-3-9-5/h5,9H,1-4H2. The monoisotopic (exact) mass is 231 g/mol. The van der Waals surface area contributed by atoms with Gasteiger partial charge in [-0.05, 0) is 40.5 Å². The van der Waals surface area contributed by atoms with Crippen LogP contribution in [0.25, 0.3) is 0 Å². The number of nitrogens with one attached hydrogen (secondary N) is 1. The molecule has 66 valence electrons. The Kier molecular flexibility index (Phi) is 2.41. The Bertz CT molecular complexity index is 257. The highest BCUT2D eigenvalue weighted by molar-refractivity contribution is 9.10. The minimum atomic E-state index is 0.525. The summed E-state index contributed by atoms with van der Waals surface area (Å²) in [6, 6.07) is 0.525. The first-order chi connectivity index (χ1) is 5.84. The van der Waals surface area contributed by atoms with Gasteiger partial charge in [-0.15, -0.1) is 0 Å². The molecule has 1 aliphatic rings. The van der Waals surface area contributed by atoms with Crippen LogP contribution < -0.4 is 5.32 Å². The van der Waals surface area contributed by atoms with Gasteiger partial charge >= 0.3 is 0 Å². The molecule has 0 saturated carbocycles. The summed E-state index contributed by atoms with van der Waals surface area (Å²) in [6.07, 6.45) is 3.30. The van der Waals surface area contributed by atoms with Crippen LogP contribution in [0.4, 0.5) is 0 Å². The summed E-state index contributed by atoms with van der Waals surface area (Å²) in [5, 5.41) is 7.03. The quantitative estimate of drug-likeness (QED) is 0.830. The van der Waals surface area contributed by atoms with Crippen LogP contribution in [0.5, 0.6) is 0 Å². The molecular weight excluding hydrogens is 222 g/mol. The predicted octanol–water partition coefficient (Wildman–Crippen LogP) is 1.13. The molecule has 0 aromatic carbocycles. The maximum atomic E-state index is 4.98. The van der Waals surface area contributed by atoms with Crippen molar-refractivity contribution in [3.8, 4) is 0 Å². The summed E-state index contributed by atoms with van der Waals surface area (Å²) in [7, 11) is 0. The van der Waals surface area contributed by atoms with Crippen molar-refractivity contribution in [1.82, 2.24) is 15.5 Å². The number of hydrogen-bond donors (Lipinski definition) is 1. The summed E-state index contributed by atoms with van der Waals surface area (Å²) in [5.74, 6) is 0.710. The van der Waals surface area contributed by atoms with Gasteiger partial charge in [-0.3, -0.25) is 0 Å². The van der Waals surface area contributed by atoms with E-state index in [1.165, 1.54) is 12.8 Å². The molecule has 5 heteroatoms. The normalized spacial score (nSPS) is 23.2. The van der Waals surface area contributed by atoms with Crippen LogP contribution in [0.2, 0.25) is 0 Å². The van der Waals surface area contributed by atoms with E-state index in [2.05, 4.69) is 31.4 Å². The van der Waals surface area contributed by atoms with Gasteiger partial charge in [0.2, 0.25) is 10.6 Å². The molecule has 1 aliphatic heterocycles. The zero-order chi connectivity index (χ0) is 8.39. The van der Waals surface area contributed by atoms with Crippen LogP contribution in [0, 0.1) is 0 Å². The molecule has 2 heterocycles. The van der Waals surface area contributed by atoms with Crippen molar-refractivity contribution in [1.29, 1.82) is 0 Å². The van der Waals surface area contributed by atoms with Crippen LogP contribution in [0.15, 0.2) is 9.26 Å². The fraction of sp³-hybridized carbons (Fsp3) is 0.714. The highest BCUT2D eigenvalue weighted by Gasteiger charge is 2.17. The Hall–Kier alpha value is -0.420. The van der Waals surface area contributed by atoms with E-state index in [-0.39, 0.29) is 0 Å². The molecule has 1 saturated heterocycles. The summed E-state index contributed by atoms with van der Waals surface area (Å²) in [5.41, 5.74) is 0. The lowest BCUT2D eigenvalue weighted by Gasteiger charge is -2.04. The SMILES string of the molecule is Brc1noc(CC2CCCN2)n1. The number of aromatic nitrogens is 2. The van der Waals surface area contributed by atoms with Crippen molar-refractivity contribution in [2.75, 3.05) is 6.54 Å². The van der Waals surface area contributed by atoms with Crippen molar-refractivity contribution in [3.63, 3.8) is 0 Å². The van der Waals surface area contributed by atoms with Gasteiger partial charge in [0.1, 0.15) is 0 Å². The molecule has 0 aliphatic carbocycles. The third-order valence-corrected chi connectivity index (χ3v) is 2.35. The molecule has 1 atom stereocenters. The molecular formula is C7H10BrN3O. The maximum absolute atomic E-state index is 4.98. The van der Waals surface area contributed by atoms with E-state index in [1.54, 1.807) is 0 Å². The van der Waals surface area contributed by atoms with Gasteiger partial charge in [-0.2, -0.15) is 4.98 Å². The van der Waals surface area contributed by atoms with Gasteiger partial charge in [0.15, 0.2) is 0 Å². The van der Waals surface area contributed by atoms with Crippen LogP contribution in [-0.4, -0.2) is 22.7 Å². The third kappa shape index (κ3) is 1.84. The molecule has 1 aromatic heterocycles. The largest absolute Gasteiger partial charge is 0.338 e. The van der Waals surface area contributed by atoms with Crippen LogP contribution >= 0.6 is 15.9 Å². The number of rotatable bonds is 2. The van der Waals surface area contributed by atoms with Gasteiger partial charge in [0.05, 0.1) is 0 Å². The van der Waals surface area contributed by atoms with E-state index in [1.807, 2.05) is 0 Å². The smallest absolute Gasteiger partial charge is 0.238 e. The lowest BCUT2D eigenvalue weighted by Crippen LogP contribution is -2.23. The molecule has 0 spiro atoms. The summed E-state index contributed by atoms with van der Waals surface area (Å²) in [4.78, 5) is 4.07. The first-order valence-electron chi connectivity index (χ1n) is 4.06.